The fourth-order valence-electron chi connectivity index (χ4n) is 2.23. The first kappa shape index (κ1) is 13.4. The molecule has 1 unspecified atom stereocenters. The molecule has 4 heteroatoms. The van der Waals surface area contributed by atoms with Gasteiger partial charge in [0.25, 0.3) is 0 Å². The van der Waals surface area contributed by atoms with Crippen molar-refractivity contribution in [2.75, 3.05) is 5.32 Å². The number of aromatic nitrogens is 3. The second-order valence-electron chi connectivity index (χ2n) is 5.00. The van der Waals surface area contributed by atoms with E-state index in [0.29, 0.717) is 6.54 Å². The minimum absolute atomic E-state index is 0.226. The van der Waals surface area contributed by atoms with Gasteiger partial charge in [-0.1, -0.05) is 36.4 Å². The minimum Gasteiger partial charge on any atom is -0.362 e. The molecule has 0 spiro atoms. The van der Waals surface area contributed by atoms with Crippen LogP contribution >= 0.6 is 0 Å². The van der Waals surface area contributed by atoms with Crippen molar-refractivity contribution in [2.24, 2.45) is 0 Å². The van der Waals surface area contributed by atoms with Gasteiger partial charge in [0.2, 0.25) is 0 Å². The Morgan fingerprint density at radius 1 is 1.05 bits per heavy atom. The van der Waals surface area contributed by atoms with Crippen molar-refractivity contribution in [1.82, 2.24) is 14.8 Å². The lowest BCUT2D eigenvalue weighted by Gasteiger charge is -2.13. The number of rotatable bonds is 5. The molecule has 0 aliphatic rings. The largest absolute Gasteiger partial charge is 0.362 e. The highest BCUT2D eigenvalue weighted by Crippen LogP contribution is 2.17. The Hall–Kier alpha value is -2.62. The lowest BCUT2D eigenvalue weighted by Crippen LogP contribution is -2.08. The summed E-state index contributed by atoms with van der Waals surface area (Å²) in [6, 6.07) is 18.5. The Morgan fingerprint density at radius 3 is 2.62 bits per heavy atom. The molecule has 2 aromatic heterocycles. The van der Waals surface area contributed by atoms with Crippen molar-refractivity contribution in [3.63, 3.8) is 0 Å². The minimum atomic E-state index is 0.226. The monoisotopic (exact) mass is 278 g/mol. The van der Waals surface area contributed by atoms with Gasteiger partial charge in [0, 0.05) is 24.5 Å². The molecule has 0 aliphatic carbocycles. The molecule has 3 aromatic rings. The summed E-state index contributed by atoms with van der Waals surface area (Å²) in [4.78, 5) is 4.31. The van der Waals surface area contributed by atoms with Crippen LogP contribution in [0.2, 0.25) is 0 Å². The molecule has 1 aromatic carbocycles. The normalized spacial score (nSPS) is 12.0. The molecular formula is C17H18N4. The number of hydrogen-bond acceptors (Lipinski definition) is 3. The van der Waals surface area contributed by atoms with Crippen molar-refractivity contribution in [3.8, 4) is 0 Å². The van der Waals surface area contributed by atoms with E-state index in [9.17, 15) is 0 Å². The number of nitrogens with one attached hydrogen (secondary N) is 1. The molecule has 106 valence electrons. The average molecular weight is 278 g/mol. The molecule has 0 saturated heterocycles. The molecule has 0 bridgehead atoms. The Bertz CT molecular complexity index is 676. The van der Waals surface area contributed by atoms with E-state index in [-0.39, 0.29) is 6.04 Å². The predicted molar refractivity (Wildman–Crippen MR) is 84.0 cm³/mol. The van der Waals surface area contributed by atoms with E-state index < -0.39 is 0 Å². The average Bonchev–Trinajstić information content (AvgIpc) is 2.96. The smallest absolute Gasteiger partial charge is 0.148 e. The SMILES string of the molecule is CC(Nc1ccn(Cc2ccccn2)n1)c1ccccc1. The van der Waals surface area contributed by atoms with Crippen molar-refractivity contribution in [3.05, 3.63) is 78.2 Å². The number of hydrogen-bond donors (Lipinski definition) is 1. The Kier molecular flexibility index (Phi) is 3.96. The highest BCUT2D eigenvalue weighted by Gasteiger charge is 2.06. The zero-order chi connectivity index (χ0) is 14.5. The highest BCUT2D eigenvalue weighted by molar-refractivity contribution is 5.36. The molecule has 2 heterocycles. The van der Waals surface area contributed by atoms with Gasteiger partial charge in [-0.05, 0) is 24.6 Å². The van der Waals surface area contributed by atoms with Gasteiger partial charge in [0.1, 0.15) is 5.82 Å². The van der Waals surface area contributed by atoms with E-state index in [1.165, 1.54) is 5.56 Å². The van der Waals surface area contributed by atoms with E-state index in [1.54, 1.807) is 6.20 Å². The van der Waals surface area contributed by atoms with Crippen LogP contribution in [0.3, 0.4) is 0 Å². The van der Waals surface area contributed by atoms with Crippen LogP contribution in [0.25, 0.3) is 0 Å². The van der Waals surface area contributed by atoms with E-state index in [4.69, 9.17) is 0 Å². The number of anilines is 1. The Morgan fingerprint density at radius 2 is 1.86 bits per heavy atom. The summed E-state index contributed by atoms with van der Waals surface area (Å²) >= 11 is 0. The van der Waals surface area contributed by atoms with Crippen LogP contribution < -0.4 is 5.32 Å². The zero-order valence-corrected chi connectivity index (χ0v) is 12.0. The first-order valence-corrected chi connectivity index (χ1v) is 7.06. The lowest BCUT2D eigenvalue weighted by molar-refractivity contribution is 0.671. The summed E-state index contributed by atoms with van der Waals surface area (Å²) in [5.41, 5.74) is 2.25. The molecule has 4 nitrogen and oxygen atoms in total. The lowest BCUT2D eigenvalue weighted by atomic mass is 10.1. The molecule has 1 atom stereocenters. The van der Waals surface area contributed by atoms with Gasteiger partial charge in [0.05, 0.1) is 12.2 Å². The van der Waals surface area contributed by atoms with Crippen LogP contribution in [0.15, 0.2) is 67.0 Å². The van der Waals surface area contributed by atoms with Crippen LogP contribution in [-0.2, 0) is 6.54 Å². The number of pyridine rings is 1. The van der Waals surface area contributed by atoms with Crippen LogP contribution in [-0.4, -0.2) is 14.8 Å². The van der Waals surface area contributed by atoms with Crippen molar-refractivity contribution >= 4 is 5.82 Å². The summed E-state index contributed by atoms with van der Waals surface area (Å²) in [6.45, 7) is 2.81. The van der Waals surface area contributed by atoms with E-state index in [2.05, 4.69) is 34.5 Å². The number of benzene rings is 1. The molecule has 0 fully saturated rings. The van der Waals surface area contributed by atoms with E-state index in [0.717, 1.165) is 11.5 Å². The molecule has 3 rings (SSSR count). The predicted octanol–water partition coefficient (Wildman–Crippen LogP) is 3.50. The summed E-state index contributed by atoms with van der Waals surface area (Å²) < 4.78 is 1.89. The summed E-state index contributed by atoms with van der Waals surface area (Å²) in [5, 5.41) is 7.95. The Labute approximate surface area is 124 Å². The fraction of sp³-hybridized carbons (Fsp3) is 0.176. The third-order valence-corrected chi connectivity index (χ3v) is 3.35. The van der Waals surface area contributed by atoms with Crippen molar-refractivity contribution in [1.29, 1.82) is 0 Å². The van der Waals surface area contributed by atoms with Crippen LogP contribution in [0.1, 0.15) is 24.2 Å². The van der Waals surface area contributed by atoms with Gasteiger partial charge in [-0.3, -0.25) is 9.67 Å². The van der Waals surface area contributed by atoms with Crippen molar-refractivity contribution in [2.45, 2.75) is 19.5 Å². The Balaban J connectivity index is 1.65. The fourth-order valence-corrected chi connectivity index (χ4v) is 2.23. The molecule has 0 radical (unpaired) electrons. The highest BCUT2D eigenvalue weighted by atomic mass is 15.3. The van der Waals surface area contributed by atoms with Crippen molar-refractivity contribution < 1.29 is 0 Å². The van der Waals surface area contributed by atoms with Gasteiger partial charge in [-0.15, -0.1) is 0 Å². The third-order valence-electron chi connectivity index (χ3n) is 3.35. The maximum atomic E-state index is 4.54. The van der Waals surface area contributed by atoms with Crippen LogP contribution in [0.4, 0.5) is 5.82 Å². The third kappa shape index (κ3) is 3.48. The molecule has 0 saturated carbocycles. The van der Waals surface area contributed by atoms with E-state index >= 15 is 0 Å². The first-order chi connectivity index (χ1) is 10.3. The summed E-state index contributed by atoms with van der Waals surface area (Å²) in [5.74, 6) is 0.877. The second kappa shape index (κ2) is 6.22. The van der Waals surface area contributed by atoms with Gasteiger partial charge in [-0.25, -0.2) is 0 Å². The van der Waals surface area contributed by atoms with Gasteiger partial charge < -0.3 is 5.32 Å². The first-order valence-electron chi connectivity index (χ1n) is 7.06. The topological polar surface area (TPSA) is 42.7 Å². The van der Waals surface area contributed by atoms with Gasteiger partial charge >= 0.3 is 0 Å². The van der Waals surface area contributed by atoms with Crippen LogP contribution in [0, 0.1) is 0 Å². The molecule has 0 amide bonds. The standard InChI is InChI=1S/C17H18N4/c1-14(15-7-3-2-4-8-15)19-17-10-12-21(20-17)13-16-9-5-6-11-18-16/h2-12,14H,13H2,1H3,(H,19,20). The summed E-state index contributed by atoms with van der Waals surface area (Å²) in [7, 11) is 0. The molecule has 1 N–H and O–H groups in total. The van der Waals surface area contributed by atoms with E-state index in [1.807, 2.05) is 53.3 Å². The molecular weight excluding hydrogens is 260 g/mol. The van der Waals surface area contributed by atoms with Crippen LogP contribution in [0.5, 0.6) is 0 Å². The maximum absolute atomic E-state index is 4.54. The number of nitrogens with zero attached hydrogens (tertiary/aromatic N) is 3. The quantitative estimate of drug-likeness (QED) is 0.776. The summed E-state index contributed by atoms with van der Waals surface area (Å²) in [6.07, 6.45) is 3.77. The molecule has 0 aliphatic heterocycles. The van der Waals surface area contributed by atoms with Gasteiger partial charge in [-0.2, -0.15) is 5.10 Å². The zero-order valence-electron chi connectivity index (χ0n) is 12.0. The van der Waals surface area contributed by atoms with Gasteiger partial charge in [0.15, 0.2) is 0 Å². The molecule has 21 heavy (non-hydrogen) atoms. The maximum Gasteiger partial charge on any atom is 0.148 e. The second-order valence-corrected chi connectivity index (χ2v) is 5.00.